The Labute approximate surface area is 139 Å². The van der Waals surface area contributed by atoms with Crippen molar-refractivity contribution in [2.75, 3.05) is 38.1 Å². The number of amides is 2. The minimum absolute atomic E-state index is 0.0369. The van der Waals surface area contributed by atoms with Crippen LogP contribution in [0.2, 0.25) is 0 Å². The monoisotopic (exact) mass is 365 g/mol. The third-order valence-electron chi connectivity index (χ3n) is 4.42. The largest absolute Gasteiger partial charge is 0.338 e. The molecule has 3 rings (SSSR count). The molecule has 0 N–H and O–H groups in total. The second-order valence-corrected chi connectivity index (χ2v) is 6.84. The number of benzene rings is 1. The predicted octanol–water partition coefficient (Wildman–Crippen LogP) is 1.72. The van der Waals surface area contributed by atoms with Gasteiger partial charge in [0.25, 0.3) is 0 Å². The fourth-order valence-corrected chi connectivity index (χ4v) is 3.35. The first kappa shape index (κ1) is 15.5. The standard InChI is InChI=1S/C16H20BrN3O2/c1-18-8-10-19(11-9-18)16(22)14-6-7-15(21)20(14)13-4-2-12(17)3-5-13/h2-5,14H,6-11H2,1H3. The number of carbonyl (C=O) groups is 2. The van der Waals surface area contributed by atoms with E-state index in [2.05, 4.69) is 27.9 Å². The highest BCUT2D eigenvalue weighted by Crippen LogP contribution is 2.29. The summed E-state index contributed by atoms with van der Waals surface area (Å²) in [7, 11) is 2.06. The number of carbonyl (C=O) groups excluding carboxylic acids is 2. The molecule has 2 heterocycles. The molecule has 2 aliphatic heterocycles. The quantitative estimate of drug-likeness (QED) is 0.801. The molecule has 5 nitrogen and oxygen atoms in total. The lowest BCUT2D eigenvalue weighted by atomic mass is 10.1. The summed E-state index contributed by atoms with van der Waals surface area (Å²) in [6.07, 6.45) is 1.06. The van der Waals surface area contributed by atoms with Gasteiger partial charge in [-0.2, -0.15) is 0 Å². The Morgan fingerprint density at radius 1 is 1.14 bits per heavy atom. The highest BCUT2D eigenvalue weighted by Gasteiger charge is 2.39. The molecule has 1 unspecified atom stereocenters. The van der Waals surface area contributed by atoms with E-state index in [1.807, 2.05) is 29.2 Å². The molecule has 2 amide bonds. The molecule has 0 radical (unpaired) electrons. The van der Waals surface area contributed by atoms with Gasteiger partial charge in [-0.25, -0.2) is 0 Å². The van der Waals surface area contributed by atoms with Crippen molar-refractivity contribution in [2.24, 2.45) is 0 Å². The molecule has 2 saturated heterocycles. The van der Waals surface area contributed by atoms with Gasteiger partial charge in [-0.1, -0.05) is 15.9 Å². The molecule has 1 aromatic rings. The predicted molar refractivity (Wildman–Crippen MR) is 88.7 cm³/mol. The van der Waals surface area contributed by atoms with Crippen molar-refractivity contribution in [1.29, 1.82) is 0 Å². The van der Waals surface area contributed by atoms with E-state index < -0.39 is 0 Å². The number of likely N-dealkylation sites (N-methyl/N-ethyl adjacent to an activating group) is 1. The summed E-state index contributed by atoms with van der Waals surface area (Å²) in [6, 6.07) is 7.23. The Morgan fingerprint density at radius 3 is 2.41 bits per heavy atom. The Bertz CT molecular complexity index is 567. The summed E-state index contributed by atoms with van der Waals surface area (Å²) >= 11 is 3.40. The maximum absolute atomic E-state index is 12.8. The molecule has 0 aromatic heterocycles. The Kier molecular flexibility index (Phi) is 4.49. The van der Waals surface area contributed by atoms with E-state index in [-0.39, 0.29) is 17.9 Å². The zero-order valence-electron chi connectivity index (χ0n) is 12.7. The number of halogens is 1. The van der Waals surface area contributed by atoms with Gasteiger partial charge in [0, 0.05) is 42.8 Å². The molecule has 2 fully saturated rings. The summed E-state index contributed by atoms with van der Waals surface area (Å²) in [4.78, 5) is 30.8. The first-order valence-electron chi connectivity index (χ1n) is 7.61. The number of hydrogen-bond donors (Lipinski definition) is 0. The molecule has 0 saturated carbocycles. The van der Waals surface area contributed by atoms with Crippen LogP contribution < -0.4 is 4.90 Å². The van der Waals surface area contributed by atoms with Crippen LogP contribution in [-0.2, 0) is 9.59 Å². The van der Waals surface area contributed by atoms with Gasteiger partial charge in [-0.15, -0.1) is 0 Å². The van der Waals surface area contributed by atoms with E-state index in [0.29, 0.717) is 12.8 Å². The van der Waals surface area contributed by atoms with E-state index in [1.165, 1.54) is 0 Å². The first-order valence-corrected chi connectivity index (χ1v) is 8.40. The highest BCUT2D eigenvalue weighted by molar-refractivity contribution is 9.10. The summed E-state index contributed by atoms with van der Waals surface area (Å²) in [5.41, 5.74) is 0.804. The average Bonchev–Trinajstić information content (AvgIpc) is 2.90. The topological polar surface area (TPSA) is 43.9 Å². The fraction of sp³-hybridized carbons (Fsp3) is 0.500. The molecule has 1 atom stereocenters. The molecule has 2 aliphatic rings. The van der Waals surface area contributed by atoms with Gasteiger partial charge in [0.15, 0.2) is 0 Å². The molecule has 0 aliphatic carbocycles. The Balaban J connectivity index is 1.78. The third-order valence-corrected chi connectivity index (χ3v) is 4.95. The van der Waals surface area contributed by atoms with Gasteiger partial charge >= 0.3 is 0 Å². The van der Waals surface area contributed by atoms with Crippen LogP contribution in [0.5, 0.6) is 0 Å². The smallest absolute Gasteiger partial charge is 0.245 e. The van der Waals surface area contributed by atoms with Crippen molar-refractivity contribution < 1.29 is 9.59 Å². The van der Waals surface area contributed by atoms with Crippen LogP contribution in [0.15, 0.2) is 28.7 Å². The normalized spacial score (nSPS) is 23.2. The van der Waals surface area contributed by atoms with Crippen molar-refractivity contribution in [3.05, 3.63) is 28.7 Å². The van der Waals surface area contributed by atoms with Crippen LogP contribution in [-0.4, -0.2) is 60.9 Å². The van der Waals surface area contributed by atoms with Crippen molar-refractivity contribution in [1.82, 2.24) is 9.80 Å². The first-order chi connectivity index (χ1) is 10.6. The molecule has 118 valence electrons. The molecule has 1 aromatic carbocycles. The fourth-order valence-electron chi connectivity index (χ4n) is 3.08. The number of nitrogens with zero attached hydrogens (tertiary/aromatic N) is 3. The SMILES string of the molecule is CN1CCN(C(=O)C2CCC(=O)N2c2ccc(Br)cc2)CC1. The minimum Gasteiger partial charge on any atom is -0.338 e. The summed E-state index contributed by atoms with van der Waals surface area (Å²) in [5.74, 6) is 0.122. The van der Waals surface area contributed by atoms with Crippen LogP contribution in [0.25, 0.3) is 0 Å². The minimum atomic E-state index is -0.350. The zero-order valence-corrected chi connectivity index (χ0v) is 14.3. The van der Waals surface area contributed by atoms with E-state index in [0.717, 1.165) is 36.3 Å². The van der Waals surface area contributed by atoms with Gasteiger partial charge in [0.1, 0.15) is 6.04 Å². The molecular weight excluding hydrogens is 346 g/mol. The van der Waals surface area contributed by atoms with Crippen molar-refractivity contribution >= 4 is 33.4 Å². The summed E-state index contributed by atoms with van der Waals surface area (Å²) in [6.45, 7) is 3.28. The third kappa shape index (κ3) is 3.03. The number of piperazine rings is 1. The van der Waals surface area contributed by atoms with Crippen LogP contribution in [0.3, 0.4) is 0 Å². The van der Waals surface area contributed by atoms with E-state index in [9.17, 15) is 9.59 Å². The Morgan fingerprint density at radius 2 is 1.77 bits per heavy atom. The highest BCUT2D eigenvalue weighted by atomic mass is 79.9. The van der Waals surface area contributed by atoms with Crippen LogP contribution >= 0.6 is 15.9 Å². The lowest BCUT2D eigenvalue weighted by Crippen LogP contribution is -2.53. The van der Waals surface area contributed by atoms with Crippen LogP contribution in [0.1, 0.15) is 12.8 Å². The van der Waals surface area contributed by atoms with Crippen molar-refractivity contribution in [3.8, 4) is 0 Å². The second-order valence-electron chi connectivity index (χ2n) is 5.92. The van der Waals surface area contributed by atoms with E-state index >= 15 is 0 Å². The number of rotatable bonds is 2. The maximum atomic E-state index is 12.8. The molecular formula is C16H20BrN3O2. The average molecular weight is 366 g/mol. The number of anilines is 1. The Hall–Kier alpha value is -1.40. The van der Waals surface area contributed by atoms with Gasteiger partial charge < -0.3 is 9.80 Å². The summed E-state index contributed by atoms with van der Waals surface area (Å²) in [5, 5.41) is 0. The maximum Gasteiger partial charge on any atom is 0.245 e. The van der Waals surface area contributed by atoms with Gasteiger partial charge in [-0.3, -0.25) is 14.5 Å². The molecule has 0 bridgehead atoms. The van der Waals surface area contributed by atoms with E-state index in [1.54, 1.807) is 4.90 Å². The van der Waals surface area contributed by atoms with Crippen molar-refractivity contribution in [2.45, 2.75) is 18.9 Å². The molecule has 6 heteroatoms. The van der Waals surface area contributed by atoms with Gasteiger partial charge in [0.05, 0.1) is 0 Å². The summed E-state index contributed by atoms with van der Waals surface area (Å²) < 4.78 is 0.963. The zero-order chi connectivity index (χ0) is 15.7. The van der Waals surface area contributed by atoms with Crippen molar-refractivity contribution in [3.63, 3.8) is 0 Å². The van der Waals surface area contributed by atoms with Gasteiger partial charge in [0.2, 0.25) is 11.8 Å². The van der Waals surface area contributed by atoms with E-state index in [4.69, 9.17) is 0 Å². The second kappa shape index (κ2) is 6.38. The molecule has 0 spiro atoms. The number of hydrogen-bond acceptors (Lipinski definition) is 3. The molecule has 22 heavy (non-hydrogen) atoms. The lowest BCUT2D eigenvalue weighted by molar-refractivity contribution is -0.134. The van der Waals surface area contributed by atoms with Gasteiger partial charge in [-0.05, 0) is 37.7 Å². The lowest BCUT2D eigenvalue weighted by Gasteiger charge is -2.35. The van der Waals surface area contributed by atoms with Crippen LogP contribution in [0, 0.1) is 0 Å². The van der Waals surface area contributed by atoms with Crippen LogP contribution in [0.4, 0.5) is 5.69 Å².